The minimum atomic E-state index is -0.182. The van der Waals surface area contributed by atoms with Gasteiger partial charge in [0.15, 0.2) is 0 Å². The molecule has 0 saturated heterocycles. The second kappa shape index (κ2) is 7.58. The van der Waals surface area contributed by atoms with E-state index in [0.29, 0.717) is 10.8 Å². The number of aliphatic hydroxyl groups is 1. The second-order valence-corrected chi connectivity index (χ2v) is 5.19. The number of thioether (sulfide) groups is 1. The van der Waals surface area contributed by atoms with Crippen LogP contribution < -0.4 is 5.32 Å². The van der Waals surface area contributed by atoms with E-state index in [0.717, 1.165) is 11.3 Å². The maximum Gasteiger partial charge on any atom is 0.230 e. The number of amides is 1. The third-order valence-corrected chi connectivity index (χ3v) is 3.35. The van der Waals surface area contributed by atoms with E-state index in [1.54, 1.807) is 6.92 Å². The number of benzene rings is 1. The predicted octanol–water partition coefficient (Wildman–Crippen LogP) is 2.07. The van der Waals surface area contributed by atoms with E-state index in [9.17, 15) is 4.79 Å². The molecule has 5 heteroatoms. The van der Waals surface area contributed by atoms with Crippen LogP contribution in [0.1, 0.15) is 12.5 Å². The van der Waals surface area contributed by atoms with Crippen molar-refractivity contribution in [2.45, 2.75) is 18.7 Å². The Hall–Kier alpha value is -0.710. The Bertz CT molecular complexity index is 356. The van der Waals surface area contributed by atoms with Crippen molar-refractivity contribution in [1.82, 2.24) is 5.32 Å². The molecule has 0 radical (unpaired) electrons. The van der Waals surface area contributed by atoms with Crippen LogP contribution in [0.5, 0.6) is 0 Å². The molecule has 0 heterocycles. The number of nitrogens with one attached hydrogen (secondary N) is 1. The maximum atomic E-state index is 11.4. The molecule has 0 saturated carbocycles. The van der Waals surface area contributed by atoms with E-state index in [4.69, 9.17) is 16.7 Å². The summed E-state index contributed by atoms with van der Waals surface area (Å²) >= 11 is 7.31. The molecule has 1 aromatic carbocycles. The van der Waals surface area contributed by atoms with Gasteiger partial charge in [0, 0.05) is 16.8 Å². The predicted molar refractivity (Wildman–Crippen MR) is 72.3 cm³/mol. The molecular weight excluding hydrogens is 258 g/mol. The van der Waals surface area contributed by atoms with E-state index in [2.05, 4.69) is 5.32 Å². The quantitative estimate of drug-likeness (QED) is 0.834. The van der Waals surface area contributed by atoms with Crippen LogP contribution in [0.2, 0.25) is 5.02 Å². The van der Waals surface area contributed by atoms with Gasteiger partial charge in [0.1, 0.15) is 0 Å². The molecule has 0 bridgehead atoms. The highest BCUT2D eigenvalue weighted by molar-refractivity contribution is 7.99. The molecule has 0 aliphatic carbocycles. The van der Waals surface area contributed by atoms with Crippen molar-refractivity contribution < 1.29 is 9.90 Å². The fourth-order valence-corrected chi connectivity index (χ4v) is 2.13. The van der Waals surface area contributed by atoms with Crippen LogP contribution in [-0.4, -0.2) is 29.4 Å². The van der Waals surface area contributed by atoms with Gasteiger partial charge in [0.05, 0.1) is 12.4 Å². The maximum absolute atomic E-state index is 11.4. The van der Waals surface area contributed by atoms with Crippen LogP contribution in [0.3, 0.4) is 0 Å². The van der Waals surface area contributed by atoms with Gasteiger partial charge in [-0.3, -0.25) is 4.79 Å². The fourth-order valence-electron chi connectivity index (χ4n) is 1.20. The van der Waals surface area contributed by atoms with Crippen molar-refractivity contribution in [2.75, 3.05) is 12.4 Å². The zero-order valence-corrected chi connectivity index (χ0v) is 11.2. The van der Waals surface area contributed by atoms with Crippen LogP contribution in [0, 0.1) is 0 Å². The topological polar surface area (TPSA) is 49.3 Å². The molecule has 1 aromatic rings. The molecule has 0 aliphatic rings. The molecule has 0 unspecified atom stereocenters. The molecule has 94 valence electrons. The Morgan fingerprint density at radius 3 is 2.71 bits per heavy atom. The number of hydrogen-bond donors (Lipinski definition) is 2. The van der Waals surface area contributed by atoms with Crippen LogP contribution >= 0.6 is 23.4 Å². The van der Waals surface area contributed by atoms with Gasteiger partial charge in [-0.15, -0.1) is 11.8 Å². The summed E-state index contributed by atoms with van der Waals surface area (Å²) in [5, 5.41) is 12.2. The first-order valence-corrected chi connectivity index (χ1v) is 6.87. The monoisotopic (exact) mass is 273 g/mol. The largest absolute Gasteiger partial charge is 0.394 e. The first-order valence-electron chi connectivity index (χ1n) is 5.34. The normalized spacial score (nSPS) is 12.2. The molecular formula is C12H16ClNO2S. The van der Waals surface area contributed by atoms with E-state index in [-0.39, 0.29) is 18.6 Å². The summed E-state index contributed by atoms with van der Waals surface area (Å²) in [5.74, 6) is 1.12. The Labute approximate surface area is 111 Å². The van der Waals surface area contributed by atoms with Crippen molar-refractivity contribution in [3.63, 3.8) is 0 Å². The lowest BCUT2D eigenvalue weighted by Gasteiger charge is -2.10. The third kappa shape index (κ3) is 5.96. The third-order valence-electron chi connectivity index (χ3n) is 2.10. The lowest BCUT2D eigenvalue weighted by Crippen LogP contribution is -2.36. The lowest BCUT2D eigenvalue weighted by atomic mass is 10.2. The highest BCUT2D eigenvalue weighted by atomic mass is 35.5. The van der Waals surface area contributed by atoms with Crippen LogP contribution in [0.25, 0.3) is 0 Å². The van der Waals surface area contributed by atoms with Gasteiger partial charge < -0.3 is 10.4 Å². The molecule has 1 atom stereocenters. The molecule has 0 aliphatic heterocycles. The first-order chi connectivity index (χ1) is 8.11. The van der Waals surface area contributed by atoms with Crippen LogP contribution in [0.15, 0.2) is 24.3 Å². The van der Waals surface area contributed by atoms with E-state index in [1.165, 1.54) is 11.8 Å². The van der Waals surface area contributed by atoms with Gasteiger partial charge in [0.2, 0.25) is 5.91 Å². The molecule has 0 spiro atoms. The van der Waals surface area contributed by atoms with Crippen LogP contribution in [0.4, 0.5) is 0 Å². The summed E-state index contributed by atoms with van der Waals surface area (Å²) in [6.45, 7) is 1.73. The number of halogens is 1. The fraction of sp³-hybridized carbons (Fsp3) is 0.417. The Morgan fingerprint density at radius 2 is 2.12 bits per heavy atom. The van der Waals surface area contributed by atoms with Crippen molar-refractivity contribution in [1.29, 1.82) is 0 Å². The summed E-state index contributed by atoms with van der Waals surface area (Å²) in [4.78, 5) is 11.4. The Balaban J connectivity index is 2.23. The highest BCUT2D eigenvalue weighted by Crippen LogP contribution is 2.15. The van der Waals surface area contributed by atoms with Gasteiger partial charge in [-0.1, -0.05) is 23.7 Å². The van der Waals surface area contributed by atoms with E-state index < -0.39 is 0 Å². The standard InChI is InChI=1S/C12H16ClNO2S/c1-9(6-15)14-12(16)8-17-7-10-2-4-11(13)5-3-10/h2-5,9,15H,6-8H2,1H3,(H,14,16)/t9-/m1/s1. The number of rotatable bonds is 6. The zero-order valence-electron chi connectivity index (χ0n) is 9.65. The van der Waals surface area contributed by atoms with E-state index in [1.807, 2.05) is 24.3 Å². The van der Waals surface area contributed by atoms with Crippen molar-refractivity contribution in [3.8, 4) is 0 Å². The molecule has 0 aromatic heterocycles. The molecule has 0 fully saturated rings. The summed E-state index contributed by atoms with van der Waals surface area (Å²) in [6.07, 6.45) is 0. The zero-order chi connectivity index (χ0) is 12.7. The number of carbonyl (C=O) groups excluding carboxylic acids is 1. The number of carbonyl (C=O) groups is 1. The summed E-state index contributed by atoms with van der Waals surface area (Å²) in [7, 11) is 0. The summed E-state index contributed by atoms with van der Waals surface area (Å²) in [5.41, 5.74) is 1.14. The van der Waals surface area contributed by atoms with Crippen molar-refractivity contribution in [2.24, 2.45) is 0 Å². The first kappa shape index (κ1) is 14.4. The number of aliphatic hydroxyl groups excluding tert-OH is 1. The lowest BCUT2D eigenvalue weighted by molar-refractivity contribution is -0.119. The van der Waals surface area contributed by atoms with Crippen LogP contribution in [-0.2, 0) is 10.5 Å². The number of hydrogen-bond acceptors (Lipinski definition) is 3. The van der Waals surface area contributed by atoms with Crippen molar-refractivity contribution in [3.05, 3.63) is 34.9 Å². The van der Waals surface area contributed by atoms with Gasteiger partial charge in [-0.05, 0) is 24.6 Å². The smallest absolute Gasteiger partial charge is 0.230 e. The minimum absolute atomic E-state index is 0.0341. The van der Waals surface area contributed by atoms with Gasteiger partial charge in [0.25, 0.3) is 0 Å². The summed E-state index contributed by atoms with van der Waals surface area (Å²) in [6, 6.07) is 7.39. The Kier molecular flexibility index (Phi) is 6.40. The molecule has 17 heavy (non-hydrogen) atoms. The Morgan fingerprint density at radius 1 is 1.47 bits per heavy atom. The van der Waals surface area contributed by atoms with E-state index >= 15 is 0 Å². The average Bonchev–Trinajstić information content (AvgIpc) is 2.31. The van der Waals surface area contributed by atoms with Gasteiger partial charge in [-0.2, -0.15) is 0 Å². The SMILES string of the molecule is C[C@H](CO)NC(=O)CSCc1ccc(Cl)cc1. The molecule has 3 nitrogen and oxygen atoms in total. The molecule has 1 amide bonds. The highest BCUT2D eigenvalue weighted by Gasteiger charge is 2.05. The molecule has 1 rings (SSSR count). The second-order valence-electron chi connectivity index (χ2n) is 3.77. The average molecular weight is 274 g/mol. The van der Waals surface area contributed by atoms with Gasteiger partial charge in [-0.25, -0.2) is 0 Å². The van der Waals surface area contributed by atoms with Crippen molar-refractivity contribution >= 4 is 29.3 Å². The summed E-state index contributed by atoms with van der Waals surface area (Å²) < 4.78 is 0. The molecule has 2 N–H and O–H groups in total. The van der Waals surface area contributed by atoms with Gasteiger partial charge >= 0.3 is 0 Å². The minimum Gasteiger partial charge on any atom is -0.394 e.